The summed E-state index contributed by atoms with van der Waals surface area (Å²) in [7, 11) is 0. The van der Waals surface area contributed by atoms with Crippen LogP contribution in [0.25, 0.3) is 0 Å². The lowest BCUT2D eigenvalue weighted by Crippen LogP contribution is -2.16. The molecule has 124 valence electrons. The lowest BCUT2D eigenvalue weighted by Gasteiger charge is -2.15. The molecule has 1 aromatic carbocycles. The van der Waals surface area contributed by atoms with Crippen molar-refractivity contribution in [3.63, 3.8) is 0 Å². The monoisotopic (exact) mass is 352 g/mol. The zero-order valence-electron chi connectivity index (χ0n) is 13.1. The molecule has 0 saturated carbocycles. The molecule has 2 aromatic rings. The molecule has 1 aromatic heterocycles. The molecule has 0 bridgehead atoms. The Morgan fingerprint density at radius 2 is 2.04 bits per heavy atom. The normalized spacial score (nSPS) is 13.6. The molecule has 23 heavy (non-hydrogen) atoms. The van der Waals surface area contributed by atoms with Crippen molar-refractivity contribution in [1.82, 2.24) is 10.3 Å². The van der Waals surface area contributed by atoms with Crippen LogP contribution in [0, 0.1) is 0 Å². The molecule has 3 nitrogen and oxygen atoms in total. The first-order chi connectivity index (χ1) is 10.8. The van der Waals surface area contributed by atoms with E-state index >= 15 is 0 Å². The van der Waals surface area contributed by atoms with Crippen LogP contribution in [0.3, 0.4) is 0 Å². The van der Waals surface area contributed by atoms with Crippen molar-refractivity contribution in [3.05, 3.63) is 58.4 Å². The van der Waals surface area contributed by atoms with Crippen molar-refractivity contribution in [2.24, 2.45) is 0 Å². The fraction of sp³-hybridized carbons (Fsp3) is 0.389. The van der Waals surface area contributed by atoms with Gasteiger partial charge in [-0.1, -0.05) is 23.7 Å². The molecule has 3 rings (SSSR count). The van der Waals surface area contributed by atoms with Crippen molar-refractivity contribution in [2.45, 2.75) is 25.7 Å². The van der Waals surface area contributed by atoms with Crippen LogP contribution in [0.4, 0.5) is 0 Å². The predicted octanol–water partition coefficient (Wildman–Crippen LogP) is 3.86. The van der Waals surface area contributed by atoms with Gasteiger partial charge in [0.25, 0.3) is 0 Å². The Bertz CT molecular complexity index is 620. The number of benzene rings is 1. The number of nitrogens with one attached hydrogen (secondary N) is 1. The van der Waals surface area contributed by atoms with Crippen molar-refractivity contribution in [1.29, 1.82) is 0 Å². The second kappa shape index (κ2) is 9.11. The van der Waals surface area contributed by atoms with Gasteiger partial charge in [-0.25, -0.2) is 0 Å². The van der Waals surface area contributed by atoms with Crippen LogP contribution in [0.15, 0.2) is 36.7 Å². The molecule has 2 heterocycles. The Hall–Kier alpha value is -1.29. The van der Waals surface area contributed by atoms with Gasteiger partial charge in [0, 0.05) is 18.0 Å². The van der Waals surface area contributed by atoms with Crippen LogP contribution in [-0.4, -0.2) is 24.7 Å². The van der Waals surface area contributed by atoms with E-state index in [1.165, 1.54) is 16.7 Å². The Kier molecular flexibility index (Phi) is 7.15. The molecule has 0 radical (unpaired) electrons. The lowest BCUT2D eigenvalue weighted by molar-refractivity contribution is 0.308. The van der Waals surface area contributed by atoms with Crippen LogP contribution < -0.4 is 10.1 Å². The summed E-state index contributed by atoms with van der Waals surface area (Å²) >= 11 is 6.36. The zero-order valence-corrected chi connectivity index (χ0v) is 14.6. The lowest BCUT2D eigenvalue weighted by atomic mass is 10.0. The number of rotatable bonds is 5. The largest absolute Gasteiger partial charge is 0.492 e. The smallest absolute Gasteiger partial charge is 0.141 e. The maximum absolute atomic E-state index is 6.36. The van der Waals surface area contributed by atoms with Crippen molar-refractivity contribution < 1.29 is 4.74 Å². The van der Waals surface area contributed by atoms with Gasteiger partial charge in [0.05, 0.1) is 11.6 Å². The van der Waals surface area contributed by atoms with E-state index in [0.29, 0.717) is 6.61 Å². The molecular formula is C18H22Cl2N2O. The second-order valence-corrected chi connectivity index (χ2v) is 5.98. The van der Waals surface area contributed by atoms with E-state index < -0.39 is 0 Å². The maximum Gasteiger partial charge on any atom is 0.141 e. The topological polar surface area (TPSA) is 34.1 Å². The number of pyridine rings is 1. The Morgan fingerprint density at radius 3 is 2.87 bits per heavy atom. The van der Waals surface area contributed by atoms with E-state index in [1.54, 1.807) is 6.20 Å². The average Bonchev–Trinajstić information content (AvgIpc) is 2.79. The summed E-state index contributed by atoms with van der Waals surface area (Å²) in [6, 6.07) is 8.16. The van der Waals surface area contributed by atoms with Crippen LogP contribution in [-0.2, 0) is 19.3 Å². The van der Waals surface area contributed by atoms with Crippen molar-refractivity contribution in [2.75, 3.05) is 19.7 Å². The van der Waals surface area contributed by atoms with E-state index in [1.807, 2.05) is 18.3 Å². The van der Waals surface area contributed by atoms with Crippen LogP contribution in [0.1, 0.15) is 23.1 Å². The minimum absolute atomic E-state index is 0. The molecule has 0 atom stereocenters. The molecule has 0 amide bonds. The second-order valence-electron chi connectivity index (χ2n) is 5.58. The van der Waals surface area contributed by atoms with Gasteiger partial charge in [-0.05, 0) is 62.0 Å². The highest BCUT2D eigenvalue weighted by Gasteiger charge is 2.15. The molecule has 1 aliphatic heterocycles. The zero-order chi connectivity index (χ0) is 15.2. The van der Waals surface area contributed by atoms with Gasteiger partial charge in [0.1, 0.15) is 5.75 Å². The van der Waals surface area contributed by atoms with Gasteiger partial charge in [-0.3, -0.25) is 4.98 Å². The Balaban J connectivity index is 0.00000192. The van der Waals surface area contributed by atoms with Crippen LogP contribution >= 0.6 is 24.0 Å². The number of ether oxygens (including phenoxy) is 1. The van der Waals surface area contributed by atoms with E-state index in [0.717, 1.165) is 49.5 Å². The summed E-state index contributed by atoms with van der Waals surface area (Å²) in [6.45, 7) is 2.69. The third kappa shape index (κ3) is 4.84. The molecule has 0 aliphatic carbocycles. The quantitative estimate of drug-likeness (QED) is 0.829. The molecule has 0 unspecified atom stereocenters. The first-order valence-corrected chi connectivity index (χ1v) is 8.25. The SMILES string of the molecule is Cl.Clc1ccc2c(c1OCCCc1cccnc1)CCNCC2. The van der Waals surface area contributed by atoms with Gasteiger partial charge >= 0.3 is 0 Å². The number of hydrogen-bond donors (Lipinski definition) is 1. The number of aryl methyl sites for hydroxylation is 1. The summed E-state index contributed by atoms with van der Waals surface area (Å²) < 4.78 is 6.03. The highest BCUT2D eigenvalue weighted by Crippen LogP contribution is 2.33. The van der Waals surface area contributed by atoms with Crippen LogP contribution in [0.2, 0.25) is 5.02 Å². The average molecular weight is 353 g/mol. The van der Waals surface area contributed by atoms with E-state index in [9.17, 15) is 0 Å². The fourth-order valence-electron chi connectivity index (χ4n) is 2.86. The molecule has 1 aliphatic rings. The summed E-state index contributed by atoms with van der Waals surface area (Å²) in [5, 5.41) is 4.15. The van der Waals surface area contributed by atoms with Crippen molar-refractivity contribution >= 4 is 24.0 Å². The molecule has 5 heteroatoms. The minimum Gasteiger partial charge on any atom is -0.492 e. The fourth-order valence-corrected chi connectivity index (χ4v) is 3.09. The van der Waals surface area contributed by atoms with Gasteiger partial charge < -0.3 is 10.1 Å². The number of halogens is 2. The maximum atomic E-state index is 6.36. The minimum atomic E-state index is 0. The van der Waals surface area contributed by atoms with Gasteiger partial charge in [0.2, 0.25) is 0 Å². The standard InChI is InChI=1S/C18H21ClN2O.ClH/c19-17-6-5-15-7-10-20-11-8-16(15)18(17)22-12-2-4-14-3-1-9-21-13-14;/h1,3,5-6,9,13,20H,2,4,7-8,10-12H2;1H. The molecule has 0 spiro atoms. The number of nitrogens with zero attached hydrogens (tertiary/aromatic N) is 1. The number of fused-ring (bicyclic) bond motifs is 1. The first kappa shape index (κ1) is 18.1. The van der Waals surface area contributed by atoms with E-state index in [2.05, 4.69) is 22.4 Å². The third-order valence-electron chi connectivity index (χ3n) is 4.01. The third-order valence-corrected chi connectivity index (χ3v) is 4.31. The molecule has 0 fully saturated rings. The van der Waals surface area contributed by atoms with Gasteiger partial charge in [-0.2, -0.15) is 0 Å². The summed E-state index contributed by atoms with van der Waals surface area (Å²) in [5.41, 5.74) is 3.88. The van der Waals surface area contributed by atoms with Gasteiger partial charge in [0.15, 0.2) is 0 Å². The number of aromatic nitrogens is 1. The van der Waals surface area contributed by atoms with E-state index in [4.69, 9.17) is 16.3 Å². The summed E-state index contributed by atoms with van der Waals surface area (Å²) in [6.07, 6.45) is 7.67. The van der Waals surface area contributed by atoms with E-state index in [-0.39, 0.29) is 12.4 Å². The molecule has 0 saturated heterocycles. The highest BCUT2D eigenvalue weighted by atomic mass is 35.5. The number of hydrogen-bond acceptors (Lipinski definition) is 3. The predicted molar refractivity (Wildman–Crippen MR) is 97.0 cm³/mol. The molecule has 1 N–H and O–H groups in total. The van der Waals surface area contributed by atoms with Gasteiger partial charge in [-0.15, -0.1) is 12.4 Å². The Labute approximate surface area is 148 Å². The van der Waals surface area contributed by atoms with Crippen molar-refractivity contribution in [3.8, 4) is 5.75 Å². The first-order valence-electron chi connectivity index (χ1n) is 7.87. The Morgan fingerprint density at radius 1 is 1.17 bits per heavy atom. The molecular weight excluding hydrogens is 331 g/mol. The summed E-state index contributed by atoms with van der Waals surface area (Å²) in [4.78, 5) is 4.13. The van der Waals surface area contributed by atoms with Crippen LogP contribution in [0.5, 0.6) is 5.75 Å². The summed E-state index contributed by atoms with van der Waals surface area (Å²) in [5.74, 6) is 0.883. The highest BCUT2D eigenvalue weighted by molar-refractivity contribution is 6.32.